The third-order valence-electron chi connectivity index (χ3n) is 7.65. The molecule has 9 nitrogen and oxygen atoms in total. The number of halogens is 5. The monoisotopic (exact) mass is 645 g/mol. The van der Waals surface area contributed by atoms with E-state index < -0.39 is 50.1 Å². The minimum absolute atomic E-state index is 0.0540. The lowest BCUT2D eigenvalue weighted by atomic mass is 10.0. The number of hydrogen-bond donors (Lipinski definition) is 1. The van der Waals surface area contributed by atoms with Crippen LogP contribution in [-0.2, 0) is 4.79 Å². The van der Waals surface area contributed by atoms with Crippen molar-refractivity contribution < 1.29 is 18.0 Å². The van der Waals surface area contributed by atoms with Crippen LogP contribution in [0.25, 0.3) is 28.0 Å². The molecule has 0 radical (unpaired) electrons. The number of carbonyl (C=O) groups is 1. The quantitative estimate of drug-likeness (QED) is 0.126. The fourth-order valence-electron chi connectivity index (χ4n) is 5.45. The van der Waals surface area contributed by atoms with Gasteiger partial charge in [0.05, 0.1) is 32.5 Å². The van der Waals surface area contributed by atoms with Gasteiger partial charge in [-0.15, -0.1) is 0 Å². The Morgan fingerprint density at radius 2 is 1.86 bits per heavy atom. The van der Waals surface area contributed by atoms with E-state index in [-0.39, 0.29) is 41.3 Å². The minimum Gasteiger partial charge on any atom is -0.395 e. The number of rotatable bonds is 5. The summed E-state index contributed by atoms with van der Waals surface area (Å²) in [5, 5.41) is -1.23. The van der Waals surface area contributed by atoms with E-state index in [1.54, 1.807) is 29.0 Å². The zero-order valence-corrected chi connectivity index (χ0v) is 25.8. The first kappa shape index (κ1) is 31.3. The van der Waals surface area contributed by atoms with Crippen LogP contribution in [0.5, 0.6) is 0 Å². The molecule has 14 heteroatoms. The first-order valence-electron chi connectivity index (χ1n) is 13.7. The smallest absolute Gasteiger partial charge is 0.355 e. The van der Waals surface area contributed by atoms with Crippen LogP contribution in [0, 0.1) is 24.4 Å². The third-order valence-corrected chi connectivity index (χ3v) is 8.39. The standard InChI is InChI=1S/C30H28Cl2F3N7O2/c1-6-18(43)40-9-10-41(15(5)12-40)28-16-11-17(33)26(19-20(31)22(34)23(35)24(36)21(19)32)38-29(16)42(30(44)39-28)27-14(4)7-8-37-25(27)13(2)3/h6-8,11,13,15H,1,9-10,12,36H2,2-5H3/t15-/m0/s1. The van der Waals surface area contributed by atoms with E-state index >= 15 is 4.39 Å². The van der Waals surface area contributed by atoms with Crippen LogP contribution in [0.4, 0.5) is 24.7 Å². The van der Waals surface area contributed by atoms with Gasteiger partial charge in [0.1, 0.15) is 17.3 Å². The number of fused-ring (bicyclic) bond motifs is 1. The molecule has 0 unspecified atom stereocenters. The van der Waals surface area contributed by atoms with Crippen LogP contribution in [0.1, 0.15) is 37.9 Å². The molecule has 0 saturated carbocycles. The van der Waals surface area contributed by atoms with Gasteiger partial charge in [0.25, 0.3) is 0 Å². The molecule has 0 bridgehead atoms. The molecule has 1 fully saturated rings. The molecule has 1 aliphatic rings. The molecule has 1 amide bonds. The van der Waals surface area contributed by atoms with Crippen LogP contribution in [0.15, 0.2) is 35.8 Å². The van der Waals surface area contributed by atoms with Gasteiger partial charge in [-0.25, -0.2) is 27.5 Å². The van der Waals surface area contributed by atoms with Crippen molar-refractivity contribution in [2.45, 2.75) is 39.7 Å². The van der Waals surface area contributed by atoms with E-state index in [4.69, 9.17) is 28.9 Å². The second-order valence-electron chi connectivity index (χ2n) is 10.8. The van der Waals surface area contributed by atoms with Gasteiger partial charge in [0.15, 0.2) is 17.3 Å². The average Bonchev–Trinajstić information content (AvgIpc) is 2.99. The van der Waals surface area contributed by atoms with Crippen molar-refractivity contribution in [2.75, 3.05) is 30.3 Å². The first-order valence-corrected chi connectivity index (χ1v) is 14.4. The number of aryl methyl sites for hydroxylation is 1. The highest BCUT2D eigenvalue weighted by atomic mass is 35.5. The molecule has 4 heterocycles. The van der Waals surface area contributed by atoms with Crippen LogP contribution in [0.2, 0.25) is 10.0 Å². The normalized spacial score (nSPS) is 15.4. The molecule has 230 valence electrons. The maximum atomic E-state index is 16.1. The van der Waals surface area contributed by atoms with Crippen LogP contribution in [-0.4, -0.2) is 56.0 Å². The third kappa shape index (κ3) is 5.05. The van der Waals surface area contributed by atoms with Gasteiger partial charge in [-0.2, -0.15) is 4.98 Å². The summed E-state index contributed by atoms with van der Waals surface area (Å²) in [7, 11) is 0. The molecule has 1 saturated heterocycles. The number of amides is 1. The Bertz CT molecular complexity index is 1890. The van der Waals surface area contributed by atoms with E-state index in [1.165, 1.54) is 10.6 Å². The number of hydrogen-bond acceptors (Lipinski definition) is 7. The van der Waals surface area contributed by atoms with Crippen molar-refractivity contribution >= 4 is 51.6 Å². The zero-order valence-electron chi connectivity index (χ0n) is 24.3. The Kier molecular flexibility index (Phi) is 8.34. The van der Waals surface area contributed by atoms with Crippen LogP contribution in [0.3, 0.4) is 0 Å². The van der Waals surface area contributed by atoms with E-state index in [0.29, 0.717) is 30.0 Å². The predicted octanol–water partition coefficient (Wildman–Crippen LogP) is 5.80. The van der Waals surface area contributed by atoms with Crippen molar-refractivity contribution in [2.24, 2.45) is 0 Å². The number of nitrogens with two attached hydrogens (primary N) is 1. The minimum atomic E-state index is -1.52. The highest BCUT2D eigenvalue weighted by Gasteiger charge is 2.32. The first-order chi connectivity index (χ1) is 20.8. The lowest BCUT2D eigenvalue weighted by molar-refractivity contribution is -0.126. The van der Waals surface area contributed by atoms with Crippen LogP contribution >= 0.6 is 23.2 Å². The number of carbonyl (C=O) groups excluding carboxylic acids is 1. The SMILES string of the molecule is C=CC(=O)N1CCN(c2nc(=O)n(-c3c(C)ccnc3C(C)C)c3nc(-c4c(Cl)c(N)c(F)c(F)c4Cl)c(F)cc23)[C@@H](C)C1. The number of benzene rings is 1. The van der Waals surface area contributed by atoms with Gasteiger partial charge >= 0.3 is 5.69 Å². The Hall–Kier alpha value is -4.16. The van der Waals surface area contributed by atoms with Crippen molar-refractivity contribution in [3.63, 3.8) is 0 Å². The second-order valence-corrected chi connectivity index (χ2v) is 11.6. The van der Waals surface area contributed by atoms with Crippen molar-refractivity contribution in [3.8, 4) is 16.9 Å². The molecular weight excluding hydrogens is 618 g/mol. The van der Waals surface area contributed by atoms with Gasteiger partial charge in [-0.3, -0.25) is 9.78 Å². The Morgan fingerprint density at radius 1 is 1.16 bits per heavy atom. The molecule has 4 aromatic rings. The highest BCUT2D eigenvalue weighted by molar-refractivity contribution is 6.41. The van der Waals surface area contributed by atoms with Gasteiger partial charge in [-0.1, -0.05) is 43.6 Å². The number of anilines is 2. The van der Waals surface area contributed by atoms with E-state index in [2.05, 4.69) is 21.5 Å². The topological polar surface area (TPSA) is 110 Å². The lowest BCUT2D eigenvalue weighted by Gasteiger charge is -2.40. The summed E-state index contributed by atoms with van der Waals surface area (Å²) in [6, 6.07) is 2.47. The van der Waals surface area contributed by atoms with Crippen LogP contribution < -0.4 is 16.3 Å². The molecule has 3 aromatic heterocycles. The molecule has 1 aromatic carbocycles. The van der Waals surface area contributed by atoms with Gasteiger partial charge in [0.2, 0.25) is 5.91 Å². The molecule has 0 spiro atoms. The summed E-state index contributed by atoms with van der Waals surface area (Å²) in [5.41, 5.74) is 4.68. The number of nitrogen functional groups attached to an aromatic ring is 1. The molecule has 5 rings (SSSR count). The number of nitrogens with zero attached hydrogens (tertiary/aromatic N) is 6. The highest BCUT2D eigenvalue weighted by Crippen LogP contribution is 2.43. The summed E-state index contributed by atoms with van der Waals surface area (Å²) >= 11 is 12.4. The summed E-state index contributed by atoms with van der Waals surface area (Å²) in [6.07, 6.45) is 2.83. The summed E-state index contributed by atoms with van der Waals surface area (Å²) in [5.74, 6) is -4.26. The Morgan fingerprint density at radius 3 is 2.50 bits per heavy atom. The number of aromatic nitrogens is 4. The molecule has 0 aliphatic carbocycles. The van der Waals surface area contributed by atoms with E-state index in [1.807, 2.05) is 20.8 Å². The van der Waals surface area contributed by atoms with Gasteiger partial charge in [0, 0.05) is 37.4 Å². The van der Waals surface area contributed by atoms with E-state index in [9.17, 15) is 18.4 Å². The summed E-state index contributed by atoms with van der Waals surface area (Å²) in [4.78, 5) is 43.0. The summed E-state index contributed by atoms with van der Waals surface area (Å²) < 4.78 is 46.3. The van der Waals surface area contributed by atoms with Crippen molar-refractivity contribution in [1.82, 2.24) is 24.4 Å². The van der Waals surface area contributed by atoms with Crippen molar-refractivity contribution in [3.05, 3.63) is 80.2 Å². The lowest BCUT2D eigenvalue weighted by Crippen LogP contribution is -2.54. The number of pyridine rings is 2. The molecular formula is C30H28Cl2F3N7O2. The van der Waals surface area contributed by atoms with Crippen molar-refractivity contribution in [1.29, 1.82) is 0 Å². The van der Waals surface area contributed by atoms with Gasteiger partial charge in [-0.05, 0) is 43.5 Å². The molecule has 1 atom stereocenters. The van der Waals surface area contributed by atoms with E-state index in [0.717, 1.165) is 6.07 Å². The fourth-order valence-corrected chi connectivity index (χ4v) is 6.03. The molecule has 1 aliphatic heterocycles. The zero-order chi connectivity index (χ0) is 32.2. The van der Waals surface area contributed by atoms with Gasteiger partial charge < -0.3 is 15.5 Å². The molecule has 2 N–H and O–H groups in total. The maximum absolute atomic E-state index is 16.1. The second kappa shape index (κ2) is 11.7. The number of piperazine rings is 1. The maximum Gasteiger partial charge on any atom is 0.355 e. The predicted molar refractivity (Wildman–Crippen MR) is 165 cm³/mol. The fraction of sp³-hybridized carbons (Fsp3) is 0.300. The average molecular weight is 647 g/mol. The molecule has 44 heavy (non-hydrogen) atoms. The summed E-state index contributed by atoms with van der Waals surface area (Å²) in [6.45, 7) is 11.8. The largest absolute Gasteiger partial charge is 0.395 e. The Labute approximate surface area is 260 Å². The Balaban J connectivity index is 1.87.